The number of nitrogens with one attached hydrogen (secondary N) is 1. The highest BCUT2D eigenvalue weighted by Gasteiger charge is 2.13. The summed E-state index contributed by atoms with van der Waals surface area (Å²) in [6.07, 6.45) is 1.74. The van der Waals surface area contributed by atoms with Crippen molar-refractivity contribution < 1.29 is 14.3 Å². The van der Waals surface area contributed by atoms with Crippen molar-refractivity contribution in [1.82, 2.24) is 0 Å². The van der Waals surface area contributed by atoms with Crippen LogP contribution in [0.2, 0.25) is 0 Å². The lowest BCUT2D eigenvalue weighted by atomic mass is 10.0. The van der Waals surface area contributed by atoms with Crippen LogP contribution in [0.3, 0.4) is 0 Å². The molecule has 5 nitrogen and oxygen atoms in total. The summed E-state index contributed by atoms with van der Waals surface area (Å²) < 4.78 is 11.2. The number of para-hydroxylation sites is 1. The minimum absolute atomic E-state index is 0.193. The molecule has 156 valence electrons. The van der Waals surface area contributed by atoms with Crippen LogP contribution in [0.4, 0.5) is 5.69 Å². The Kier molecular flexibility index (Phi) is 7.08. The number of rotatable bonds is 7. The molecule has 3 aromatic rings. The van der Waals surface area contributed by atoms with E-state index in [-0.39, 0.29) is 12.5 Å². The Morgan fingerprint density at radius 2 is 1.65 bits per heavy atom. The molecule has 0 spiro atoms. The molecule has 0 saturated heterocycles. The smallest absolute Gasteiger partial charge is 0.262 e. The van der Waals surface area contributed by atoms with Gasteiger partial charge in [0.2, 0.25) is 0 Å². The number of ether oxygens (including phenoxy) is 2. The van der Waals surface area contributed by atoms with Crippen LogP contribution in [0.5, 0.6) is 11.5 Å². The zero-order valence-electron chi connectivity index (χ0n) is 17.8. The maximum atomic E-state index is 12.4. The van der Waals surface area contributed by atoms with Crippen LogP contribution in [0.1, 0.15) is 22.3 Å². The number of anilines is 1. The summed E-state index contributed by atoms with van der Waals surface area (Å²) in [4.78, 5) is 12.4. The second-order valence-corrected chi connectivity index (χ2v) is 7.12. The lowest BCUT2D eigenvalue weighted by Gasteiger charge is -2.14. The van der Waals surface area contributed by atoms with Gasteiger partial charge in [-0.05, 0) is 43.7 Å². The van der Waals surface area contributed by atoms with E-state index in [1.807, 2.05) is 74.5 Å². The first-order valence-electron chi connectivity index (χ1n) is 9.85. The highest BCUT2D eigenvalue weighted by molar-refractivity contribution is 5.93. The van der Waals surface area contributed by atoms with Gasteiger partial charge >= 0.3 is 0 Å². The average molecular weight is 412 g/mol. The molecule has 1 N–H and O–H groups in total. The SMILES string of the molecule is COc1cccc(/C=C(/C#N)c2ccc(C)cc2)c1OCC(=O)Nc1ccc(C)cc1. The quantitative estimate of drug-likeness (QED) is 0.417. The first-order valence-corrected chi connectivity index (χ1v) is 9.85. The van der Waals surface area contributed by atoms with E-state index in [4.69, 9.17) is 9.47 Å². The number of hydrogen-bond acceptors (Lipinski definition) is 4. The van der Waals surface area contributed by atoms with E-state index in [2.05, 4.69) is 11.4 Å². The number of amides is 1. The molecule has 0 unspecified atom stereocenters. The molecule has 0 heterocycles. The van der Waals surface area contributed by atoms with Gasteiger partial charge in [-0.3, -0.25) is 4.79 Å². The summed E-state index contributed by atoms with van der Waals surface area (Å²) in [6, 6.07) is 22.9. The normalized spacial score (nSPS) is 10.8. The van der Waals surface area contributed by atoms with E-state index < -0.39 is 0 Å². The first kappa shape index (κ1) is 21.7. The summed E-state index contributed by atoms with van der Waals surface area (Å²) >= 11 is 0. The second-order valence-electron chi connectivity index (χ2n) is 7.12. The molecule has 0 aliphatic heterocycles. The predicted molar refractivity (Wildman–Crippen MR) is 123 cm³/mol. The Morgan fingerprint density at radius 3 is 2.26 bits per heavy atom. The van der Waals surface area contributed by atoms with Gasteiger partial charge < -0.3 is 14.8 Å². The van der Waals surface area contributed by atoms with Crippen LogP contribution in [-0.2, 0) is 4.79 Å². The van der Waals surface area contributed by atoms with Crippen molar-refractivity contribution in [1.29, 1.82) is 5.26 Å². The van der Waals surface area contributed by atoms with E-state index >= 15 is 0 Å². The van der Waals surface area contributed by atoms with Crippen LogP contribution in [0.25, 0.3) is 11.6 Å². The molecule has 1 amide bonds. The monoisotopic (exact) mass is 412 g/mol. The van der Waals surface area contributed by atoms with E-state index in [0.717, 1.165) is 16.7 Å². The highest BCUT2D eigenvalue weighted by atomic mass is 16.5. The number of benzene rings is 3. The Hall–Kier alpha value is -4.04. The zero-order valence-corrected chi connectivity index (χ0v) is 17.8. The van der Waals surface area contributed by atoms with Crippen molar-refractivity contribution >= 4 is 23.2 Å². The summed E-state index contributed by atoms with van der Waals surface area (Å²) in [5.41, 5.74) is 4.87. The minimum atomic E-state index is -0.288. The van der Waals surface area contributed by atoms with Gasteiger partial charge in [-0.2, -0.15) is 5.26 Å². The zero-order chi connectivity index (χ0) is 22.2. The third-order valence-electron chi connectivity index (χ3n) is 4.70. The minimum Gasteiger partial charge on any atom is -0.493 e. The van der Waals surface area contributed by atoms with E-state index in [1.54, 1.807) is 12.1 Å². The van der Waals surface area contributed by atoms with Crippen molar-refractivity contribution in [3.05, 3.63) is 89.0 Å². The van der Waals surface area contributed by atoms with Crippen molar-refractivity contribution in [2.45, 2.75) is 13.8 Å². The van der Waals surface area contributed by atoms with Crippen molar-refractivity contribution in [2.75, 3.05) is 19.0 Å². The van der Waals surface area contributed by atoms with Crippen LogP contribution < -0.4 is 14.8 Å². The number of allylic oxidation sites excluding steroid dienone is 1. The summed E-state index contributed by atoms with van der Waals surface area (Å²) in [5.74, 6) is 0.603. The number of carbonyl (C=O) groups is 1. The Bertz CT molecular complexity index is 1120. The van der Waals surface area contributed by atoms with Gasteiger partial charge in [0.25, 0.3) is 5.91 Å². The van der Waals surface area contributed by atoms with Crippen molar-refractivity contribution in [3.8, 4) is 17.6 Å². The number of aryl methyl sites for hydroxylation is 2. The third-order valence-corrected chi connectivity index (χ3v) is 4.70. The Morgan fingerprint density at radius 1 is 1.00 bits per heavy atom. The maximum Gasteiger partial charge on any atom is 0.262 e. The van der Waals surface area contributed by atoms with Gasteiger partial charge in [0.05, 0.1) is 18.8 Å². The molecule has 0 fully saturated rings. The molecule has 0 radical (unpaired) electrons. The molecule has 0 atom stereocenters. The lowest BCUT2D eigenvalue weighted by molar-refractivity contribution is -0.118. The van der Waals surface area contributed by atoms with Gasteiger partial charge in [-0.1, -0.05) is 59.7 Å². The number of hydrogen-bond donors (Lipinski definition) is 1. The molecule has 5 heteroatoms. The molecule has 0 bridgehead atoms. The van der Waals surface area contributed by atoms with Crippen molar-refractivity contribution in [3.63, 3.8) is 0 Å². The molecule has 0 saturated carbocycles. The molecule has 0 aromatic heterocycles. The van der Waals surface area contributed by atoms with Crippen LogP contribution >= 0.6 is 0 Å². The fourth-order valence-electron chi connectivity index (χ4n) is 3.00. The summed E-state index contributed by atoms with van der Waals surface area (Å²) in [5, 5.41) is 12.5. The Labute approximate surface area is 182 Å². The average Bonchev–Trinajstić information content (AvgIpc) is 2.78. The predicted octanol–water partition coefficient (Wildman–Crippen LogP) is 5.39. The molecule has 3 rings (SSSR count). The van der Waals surface area contributed by atoms with E-state index in [1.165, 1.54) is 7.11 Å². The van der Waals surface area contributed by atoms with Crippen molar-refractivity contribution in [2.24, 2.45) is 0 Å². The van der Waals surface area contributed by atoms with Gasteiger partial charge in [0.1, 0.15) is 0 Å². The lowest BCUT2D eigenvalue weighted by Crippen LogP contribution is -2.20. The van der Waals surface area contributed by atoms with Gasteiger partial charge in [-0.25, -0.2) is 0 Å². The standard InChI is InChI=1S/C26H24N2O3/c1-18-7-11-20(12-8-18)22(16-27)15-21-5-4-6-24(30-3)26(21)31-17-25(29)28-23-13-9-19(2)10-14-23/h4-15H,17H2,1-3H3,(H,28,29)/b22-15-. The number of methoxy groups -OCH3 is 1. The molecular formula is C26H24N2O3. The molecule has 0 aliphatic carbocycles. The maximum absolute atomic E-state index is 12.4. The number of nitrogens with zero attached hydrogens (tertiary/aromatic N) is 1. The van der Waals surface area contributed by atoms with E-state index in [9.17, 15) is 10.1 Å². The molecule has 3 aromatic carbocycles. The summed E-state index contributed by atoms with van der Waals surface area (Å²) in [6.45, 7) is 3.79. The number of carbonyl (C=O) groups excluding carboxylic acids is 1. The van der Waals surface area contributed by atoms with Crippen LogP contribution in [-0.4, -0.2) is 19.6 Å². The van der Waals surface area contributed by atoms with Gasteiger partial charge in [0.15, 0.2) is 18.1 Å². The van der Waals surface area contributed by atoms with E-state index in [0.29, 0.717) is 28.3 Å². The van der Waals surface area contributed by atoms with Gasteiger partial charge in [-0.15, -0.1) is 0 Å². The molecule has 0 aliphatic rings. The fraction of sp³-hybridized carbons (Fsp3) is 0.154. The van der Waals surface area contributed by atoms with Crippen LogP contribution in [0, 0.1) is 25.2 Å². The topological polar surface area (TPSA) is 71.3 Å². The summed E-state index contributed by atoms with van der Waals surface area (Å²) in [7, 11) is 1.53. The Balaban J connectivity index is 1.83. The fourth-order valence-corrected chi connectivity index (χ4v) is 3.00. The van der Waals surface area contributed by atoms with Gasteiger partial charge in [0, 0.05) is 11.3 Å². The first-order chi connectivity index (χ1) is 15.0. The highest BCUT2D eigenvalue weighted by Crippen LogP contribution is 2.33. The largest absolute Gasteiger partial charge is 0.493 e. The molecule has 31 heavy (non-hydrogen) atoms. The second kappa shape index (κ2) is 10.1. The molecular weight excluding hydrogens is 388 g/mol. The third kappa shape index (κ3) is 5.74. The number of nitriles is 1. The van der Waals surface area contributed by atoms with Crippen LogP contribution in [0.15, 0.2) is 66.7 Å².